The van der Waals surface area contributed by atoms with E-state index in [-0.39, 0.29) is 11.7 Å². The number of nitro groups is 1. The fourth-order valence-electron chi connectivity index (χ4n) is 1.95. The van der Waals surface area contributed by atoms with Crippen LogP contribution in [-0.2, 0) is 10.8 Å². The number of hydrogen-bond donors (Lipinski definition) is 1. The molecule has 0 amide bonds. The minimum Gasteiger partial charge on any atom is -0.367 e. The second-order valence-electron chi connectivity index (χ2n) is 4.62. The number of benzene rings is 1. The number of hydrogen-bond acceptors (Lipinski definition) is 5. The molecule has 106 valence electrons. The number of rotatable bonds is 5. The highest BCUT2D eigenvalue weighted by molar-refractivity contribution is 7.84. The van der Waals surface area contributed by atoms with Crippen molar-refractivity contribution >= 4 is 33.2 Å². The summed E-state index contributed by atoms with van der Waals surface area (Å²) < 4.78 is 11.1. The van der Waals surface area contributed by atoms with Crippen LogP contribution in [0.4, 0.5) is 11.5 Å². The van der Waals surface area contributed by atoms with Gasteiger partial charge in [-0.3, -0.25) is 14.3 Å². The van der Waals surface area contributed by atoms with E-state index < -0.39 is 15.7 Å². The van der Waals surface area contributed by atoms with Crippen LogP contribution < -0.4 is 5.32 Å². The van der Waals surface area contributed by atoms with E-state index in [0.717, 1.165) is 5.39 Å². The topological polar surface area (TPSA) is 85.1 Å². The Morgan fingerprint density at radius 3 is 2.80 bits per heavy atom. The molecule has 2 aromatic rings. The average molecular weight is 293 g/mol. The first-order valence-corrected chi connectivity index (χ1v) is 7.80. The Balaban J connectivity index is 2.23. The van der Waals surface area contributed by atoms with Crippen molar-refractivity contribution in [1.29, 1.82) is 0 Å². The lowest BCUT2D eigenvalue weighted by molar-refractivity contribution is -0.384. The van der Waals surface area contributed by atoms with Gasteiger partial charge in [-0.2, -0.15) is 0 Å². The van der Waals surface area contributed by atoms with Crippen molar-refractivity contribution in [3.8, 4) is 0 Å². The van der Waals surface area contributed by atoms with E-state index in [1.807, 2.05) is 6.92 Å². The van der Waals surface area contributed by atoms with Crippen molar-refractivity contribution in [3.05, 3.63) is 40.4 Å². The van der Waals surface area contributed by atoms with E-state index in [1.54, 1.807) is 24.5 Å². The molecule has 20 heavy (non-hydrogen) atoms. The van der Waals surface area contributed by atoms with Gasteiger partial charge in [0.1, 0.15) is 5.82 Å². The summed E-state index contributed by atoms with van der Waals surface area (Å²) in [6.07, 6.45) is 1.66. The van der Waals surface area contributed by atoms with Crippen molar-refractivity contribution in [1.82, 2.24) is 4.98 Å². The summed E-state index contributed by atoms with van der Waals surface area (Å²) in [5.41, 5.74) is 0.736. The highest BCUT2D eigenvalue weighted by Gasteiger charge is 2.09. The van der Waals surface area contributed by atoms with Crippen LogP contribution in [0.2, 0.25) is 0 Å². The van der Waals surface area contributed by atoms with Gasteiger partial charge in [-0.15, -0.1) is 0 Å². The fraction of sp³-hybridized carbons (Fsp3) is 0.308. The third kappa shape index (κ3) is 3.51. The summed E-state index contributed by atoms with van der Waals surface area (Å²) >= 11 is 0. The number of nitrogens with one attached hydrogen (secondary N) is 1. The van der Waals surface area contributed by atoms with Crippen LogP contribution >= 0.6 is 0 Å². The van der Waals surface area contributed by atoms with Gasteiger partial charge in [-0.25, -0.2) is 4.98 Å². The van der Waals surface area contributed by atoms with Crippen LogP contribution in [0.1, 0.15) is 6.92 Å². The van der Waals surface area contributed by atoms with Crippen molar-refractivity contribution in [2.75, 3.05) is 17.3 Å². The number of pyridine rings is 1. The lowest BCUT2D eigenvalue weighted by Gasteiger charge is -2.13. The molecule has 1 heterocycles. The van der Waals surface area contributed by atoms with Gasteiger partial charge in [-0.1, -0.05) is 0 Å². The smallest absolute Gasteiger partial charge is 0.270 e. The molecule has 2 rings (SSSR count). The fourth-order valence-corrected chi connectivity index (χ4v) is 2.74. The van der Waals surface area contributed by atoms with E-state index in [9.17, 15) is 14.3 Å². The molecule has 7 heteroatoms. The van der Waals surface area contributed by atoms with Crippen LogP contribution in [0.3, 0.4) is 0 Å². The Kier molecular flexibility index (Phi) is 4.29. The molecular formula is C13H15N3O3S. The zero-order valence-corrected chi connectivity index (χ0v) is 12.0. The first kappa shape index (κ1) is 14.4. The lowest BCUT2D eigenvalue weighted by Crippen LogP contribution is -2.22. The summed E-state index contributed by atoms with van der Waals surface area (Å²) in [4.78, 5) is 14.7. The highest BCUT2D eigenvalue weighted by atomic mass is 32.2. The number of anilines is 1. The third-order valence-corrected chi connectivity index (χ3v) is 3.73. The normalized spacial score (nSPS) is 13.9. The third-order valence-electron chi connectivity index (χ3n) is 2.76. The molecule has 6 nitrogen and oxygen atoms in total. The molecule has 0 spiro atoms. The molecule has 0 fully saturated rings. The van der Waals surface area contributed by atoms with E-state index in [4.69, 9.17) is 0 Å². The Labute approximate surface area is 118 Å². The number of nitrogens with zero attached hydrogens (tertiary/aromatic N) is 2. The van der Waals surface area contributed by atoms with Gasteiger partial charge >= 0.3 is 0 Å². The second-order valence-corrected chi connectivity index (χ2v) is 6.10. The second kappa shape index (κ2) is 5.96. The van der Waals surface area contributed by atoms with Crippen molar-refractivity contribution < 1.29 is 9.13 Å². The summed E-state index contributed by atoms with van der Waals surface area (Å²) in [6, 6.07) is 8.15. The lowest BCUT2D eigenvalue weighted by atomic mass is 10.2. The van der Waals surface area contributed by atoms with Crippen LogP contribution in [0.15, 0.2) is 30.3 Å². The van der Waals surface area contributed by atoms with Crippen molar-refractivity contribution in [2.45, 2.75) is 13.0 Å². The average Bonchev–Trinajstić information content (AvgIpc) is 2.36. The molecule has 0 radical (unpaired) electrons. The van der Waals surface area contributed by atoms with E-state index in [2.05, 4.69) is 10.3 Å². The number of non-ortho nitro benzene ring substituents is 1. The molecule has 0 bridgehead atoms. The van der Waals surface area contributed by atoms with E-state index >= 15 is 0 Å². The highest BCUT2D eigenvalue weighted by Crippen LogP contribution is 2.21. The SMILES string of the molecule is CC(CS(C)=O)Nc1ccc2cc([N+](=O)[O-])ccc2n1. The van der Waals surface area contributed by atoms with E-state index in [0.29, 0.717) is 17.1 Å². The zero-order chi connectivity index (χ0) is 14.7. The maximum Gasteiger partial charge on any atom is 0.270 e. The summed E-state index contributed by atoms with van der Waals surface area (Å²) in [7, 11) is -0.870. The number of nitro benzene ring substituents is 1. The molecule has 0 saturated carbocycles. The molecule has 1 aromatic carbocycles. The van der Waals surface area contributed by atoms with Gasteiger partial charge in [-0.05, 0) is 25.1 Å². The molecular weight excluding hydrogens is 278 g/mol. The Hall–Kier alpha value is -2.02. The van der Waals surface area contributed by atoms with Crippen LogP contribution in [0.5, 0.6) is 0 Å². The molecule has 0 aliphatic rings. The van der Waals surface area contributed by atoms with Gasteiger partial charge in [0.25, 0.3) is 5.69 Å². The maximum absolute atomic E-state index is 11.1. The zero-order valence-electron chi connectivity index (χ0n) is 11.2. The van der Waals surface area contributed by atoms with Crippen molar-refractivity contribution in [2.24, 2.45) is 0 Å². The van der Waals surface area contributed by atoms with Gasteiger partial charge in [0.2, 0.25) is 0 Å². The number of fused-ring (bicyclic) bond motifs is 1. The molecule has 2 unspecified atom stereocenters. The standard InChI is InChI=1S/C13H15N3O3S/c1-9(8-20(2)19)14-13-6-3-10-7-11(16(17)18)4-5-12(10)15-13/h3-7,9H,8H2,1-2H3,(H,14,15). The molecule has 0 saturated heterocycles. The molecule has 0 aliphatic heterocycles. The van der Waals surface area contributed by atoms with Gasteiger partial charge < -0.3 is 5.32 Å². The van der Waals surface area contributed by atoms with Gasteiger partial charge in [0.05, 0.1) is 10.4 Å². The molecule has 0 aliphatic carbocycles. The monoisotopic (exact) mass is 293 g/mol. The first-order chi connectivity index (χ1) is 9.45. The summed E-state index contributed by atoms with van der Waals surface area (Å²) in [5.74, 6) is 1.21. The summed E-state index contributed by atoms with van der Waals surface area (Å²) in [5, 5.41) is 14.6. The Morgan fingerprint density at radius 2 is 2.15 bits per heavy atom. The van der Waals surface area contributed by atoms with Gasteiger partial charge in [0, 0.05) is 46.4 Å². The largest absolute Gasteiger partial charge is 0.367 e. The molecule has 1 aromatic heterocycles. The van der Waals surface area contributed by atoms with Crippen LogP contribution in [-0.4, -0.2) is 32.2 Å². The maximum atomic E-state index is 11.1. The molecule has 2 atom stereocenters. The van der Waals surface area contributed by atoms with Gasteiger partial charge in [0.15, 0.2) is 0 Å². The van der Waals surface area contributed by atoms with E-state index in [1.165, 1.54) is 12.1 Å². The van der Waals surface area contributed by atoms with Crippen LogP contribution in [0, 0.1) is 10.1 Å². The summed E-state index contributed by atoms with van der Waals surface area (Å²) in [6.45, 7) is 1.93. The minimum absolute atomic E-state index is 0.0452. The first-order valence-electron chi connectivity index (χ1n) is 6.07. The molecule has 1 N–H and O–H groups in total. The van der Waals surface area contributed by atoms with Crippen molar-refractivity contribution in [3.63, 3.8) is 0 Å². The Bertz CT molecular complexity index is 675. The minimum atomic E-state index is -0.870. The van der Waals surface area contributed by atoms with Crippen LogP contribution in [0.25, 0.3) is 10.9 Å². The number of aromatic nitrogens is 1. The predicted molar refractivity (Wildman–Crippen MR) is 80.4 cm³/mol. The Morgan fingerprint density at radius 1 is 1.40 bits per heavy atom. The predicted octanol–water partition coefficient (Wildman–Crippen LogP) is 2.32. The quantitative estimate of drug-likeness (QED) is 0.675.